The number of carbonyl (C=O) groups is 1. The molecule has 0 amide bonds. The Hall–Kier alpha value is -3.22. The Balaban J connectivity index is 2.17. The first kappa shape index (κ1) is 16.6. The molecule has 25 heavy (non-hydrogen) atoms. The molecule has 128 valence electrons. The van der Waals surface area contributed by atoms with Crippen LogP contribution in [0.4, 0.5) is 0 Å². The molecule has 0 unspecified atom stereocenters. The van der Waals surface area contributed by atoms with Gasteiger partial charge in [0.1, 0.15) is 5.56 Å². The summed E-state index contributed by atoms with van der Waals surface area (Å²) in [5.41, 5.74) is 1.80. The number of fused-ring (bicyclic) bond motifs is 1. The van der Waals surface area contributed by atoms with Gasteiger partial charge in [-0.05, 0) is 13.0 Å². The molecule has 0 aliphatic carbocycles. The van der Waals surface area contributed by atoms with Crippen LogP contribution in [0.25, 0.3) is 23.2 Å². The third kappa shape index (κ3) is 3.50. The molecule has 7 nitrogen and oxygen atoms in total. The van der Waals surface area contributed by atoms with Crippen molar-refractivity contribution < 1.29 is 9.53 Å². The molecule has 0 saturated heterocycles. The number of hydrogen-bond donors (Lipinski definition) is 0. The second-order valence-corrected chi connectivity index (χ2v) is 5.57. The molecule has 0 atom stereocenters. The van der Waals surface area contributed by atoms with Gasteiger partial charge in [-0.25, -0.2) is 9.78 Å². The van der Waals surface area contributed by atoms with Crippen LogP contribution in [0.1, 0.15) is 23.0 Å². The quantitative estimate of drug-likeness (QED) is 0.666. The molecule has 2 heterocycles. The van der Waals surface area contributed by atoms with Crippen LogP contribution in [0.15, 0.2) is 42.7 Å². The van der Waals surface area contributed by atoms with Crippen LogP contribution in [0.3, 0.4) is 0 Å². The van der Waals surface area contributed by atoms with Crippen molar-refractivity contribution in [3.05, 3.63) is 54.0 Å². The van der Waals surface area contributed by atoms with E-state index in [4.69, 9.17) is 4.74 Å². The monoisotopic (exact) mass is 337 g/mol. The van der Waals surface area contributed by atoms with E-state index in [0.29, 0.717) is 29.5 Å². The van der Waals surface area contributed by atoms with Crippen molar-refractivity contribution in [1.29, 1.82) is 0 Å². The van der Waals surface area contributed by atoms with Crippen LogP contribution in [0.2, 0.25) is 0 Å². The van der Waals surface area contributed by atoms with Gasteiger partial charge in [0.05, 0.1) is 12.3 Å². The minimum atomic E-state index is -0.438. The number of aromatic nitrogens is 4. The van der Waals surface area contributed by atoms with Crippen LogP contribution in [-0.2, 0) is 4.74 Å². The van der Waals surface area contributed by atoms with Crippen LogP contribution >= 0.6 is 0 Å². The number of nitrogens with zero attached hydrogens (tertiary/aromatic N) is 5. The van der Waals surface area contributed by atoms with E-state index < -0.39 is 5.97 Å². The summed E-state index contributed by atoms with van der Waals surface area (Å²) in [7, 11) is 3.80. The van der Waals surface area contributed by atoms with E-state index >= 15 is 0 Å². The van der Waals surface area contributed by atoms with E-state index in [1.165, 1.54) is 6.20 Å². The summed E-state index contributed by atoms with van der Waals surface area (Å²) in [5, 5.41) is 4.53. The van der Waals surface area contributed by atoms with Crippen molar-refractivity contribution in [1.82, 2.24) is 24.5 Å². The van der Waals surface area contributed by atoms with Gasteiger partial charge in [-0.15, -0.1) is 5.10 Å². The van der Waals surface area contributed by atoms with Crippen LogP contribution in [-0.4, -0.2) is 51.2 Å². The molecular formula is C18H19N5O2. The number of benzene rings is 1. The van der Waals surface area contributed by atoms with Gasteiger partial charge < -0.3 is 9.64 Å². The fourth-order valence-corrected chi connectivity index (χ4v) is 2.31. The first-order valence-electron chi connectivity index (χ1n) is 7.93. The Morgan fingerprint density at radius 3 is 2.72 bits per heavy atom. The van der Waals surface area contributed by atoms with E-state index in [-0.39, 0.29) is 0 Å². The molecule has 1 aromatic carbocycles. The fourth-order valence-electron chi connectivity index (χ4n) is 2.31. The molecule has 3 aromatic rings. The van der Waals surface area contributed by atoms with Crippen molar-refractivity contribution in [2.24, 2.45) is 0 Å². The summed E-state index contributed by atoms with van der Waals surface area (Å²) in [6.07, 6.45) is 5.11. The summed E-state index contributed by atoms with van der Waals surface area (Å²) in [4.78, 5) is 22.8. The molecule has 0 aliphatic heterocycles. The second kappa shape index (κ2) is 7.12. The maximum Gasteiger partial charge on any atom is 0.341 e. The second-order valence-electron chi connectivity index (χ2n) is 5.57. The number of hydrogen-bond acceptors (Lipinski definition) is 6. The highest BCUT2D eigenvalue weighted by atomic mass is 16.5. The summed E-state index contributed by atoms with van der Waals surface area (Å²) >= 11 is 0. The highest BCUT2D eigenvalue weighted by Crippen LogP contribution is 2.18. The SMILES string of the molecule is CCOC(=O)c1cnc2nc(-c3ccccc3)nn2c1C=CN(C)C. The molecule has 0 fully saturated rings. The Kier molecular flexibility index (Phi) is 4.74. The van der Waals surface area contributed by atoms with E-state index in [1.54, 1.807) is 17.5 Å². The Labute approximate surface area is 145 Å². The summed E-state index contributed by atoms with van der Waals surface area (Å²) in [6.45, 7) is 2.06. The maximum absolute atomic E-state index is 12.3. The zero-order chi connectivity index (χ0) is 17.8. The van der Waals surface area contributed by atoms with Crippen molar-refractivity contribution >= 4 is 17.8 Å². The first-order valence-corrected chi connectivity index (χ1v) is 7.93. The summed E-state index contributed by atoms with van der Waals surface area (Å²) in [6, 6.07) is 9.63. The molecular weight excluding hydrogens is 318 g/mol. The maximum atomic E-state index is 12.3. The minimum absolute atomic E-state index is 0.292. The van der Waals surface area contributed by atoms with Crippen molar-refractivity contribution in [2.45, 2.75) is 6.92 Å². The van der Waals surface area contributed by atoms with Crippen molar-refractivity contribution in [3.8, 4) is 11.4 Å². The highest BCUT2D eigenvalue weighted by Gasteiger charge is 2.18. The van der Waals surface area contributed by atoms with Crippen LogP contribution < -0.4 is 0 Å². The van der Waals surface area contributed by atoms with Crippen LogP contribution in [0, 0.1) is 0 Å². The fraction of sp³-hybridized carbons (Fsp3) is 0.222. The molecule has 0 aliphatic rings. The Morgan fingerprint density at radius 1 is 1.28 bits per heavy atom. The molecule has 0 bridgehead atoms. The zero-order valence-electron chi connectivity index (χ0n) is 14.4. The van der Waals surface area contributed by atoms with E-state index in [9.17, 15) is 4.79 Å². The summed E-state index contributed by atoms with van der Waals surface area (Å²) < 4.78 is 6.69. The molecule has 3 rings (SSSR count). The predicted octanol–water partition coefficient (Wildman–Crippen LogP) is 2.50. The van der Waals surface area contributed by atoms with E-state index in [0.717, 1.165) is 5.56 Å². The molecule has 7 heteroatoms. The largest absolute Gasteiger partial charge is 0.462 e. The lowest BCUT2D eigenvalue weighted by Crippen LogP contribution is -2.12. The minimum Gasteiger partial charge on any atom is -0.462 e. The molecule has 0 saturated carbocycles. The van der Waals surface area contributed by atoms with Crippen molar-refractivity contribution in [2.75, 3.05) is 20.7 Å². The lowest BCUT2D eigenvalue weighted by molar-refractivity contribution is 0.0525. The van der Waals surface area contributed by atoms with E-state index in [1.807, 2.05) is 55.5 Å². The first-order chi connectivity index (χ1) is 12.1. The van der Waals surface area contributed by atoms with Crippen molar-refractivity contribution in [3.63, 3.8) is 0 Å². The van der Waals surface area contributed by atoms with Gasteiger partial charge in [-0.3, -0.25) is 0 Å². The van der Waals surface area contributed by atoms with Crippen LogP contribution in [0.5, 0.6) is 0 Å². The molecule has 0 spiro atoms. The van der Waals surface area contributed by atoms with Gasteiger partial charge in [-0.2, -0.15) is 9.50 Å². The van der Waals surface area contributed by atoms with Gasteiger partial charge in [-0.1, -0.05) is 30.3 Å². The third-order valence-electron chi connectivity index (χ3n) is 3.46. The number of esters is 1. The normalized spacial score (nSPS) is 11.2. The Bertz CT molecular complexity index is 916. The smallest absolute Gasteiger partial charge is 0.341 e. The predicted molar refractivity (Wildman–Crippen MR) is 94.9 cm³/mol. The van der Waals surface area contributed by atoms with Gasteiger partial charge in [0.2, 0.25) is 0 Å². The van der Waals surface area contributed by atoms with Gasteiger partial charge >= 0.3 is 5.97 Å². The lowest BCUT2D eigenvalue weighted by atomic mass is 10.2. The summed E-state index contributed by atoms with van der Waals surface area (Å²) in [5.74, 6) is 0.533. The lowest BCUT2D eigenvalue weighted by Gasteiger charge is -2.08. The third-order valence-corrected chi connectivity index (χ3v) is 3.46. The van der Waals surface area contributed by atoms with Gasteiger partial charge in [0.25, 0.3) is 5.78 Å². The molecule has 0 radical (unpaired) electrons. The Morgan fingerprint density at radius 2 is 2.04 bits per heavy atom. The van der Waals surface area contributed by atoms with Gasteiger partial charge in [0, 0.05) is 32.1 Å². The zero-order valence-corrected chi connectivity index (χ0v) is 14.4. The van der Waals surface area contributed by atoms with E-state index in [2.05, 4.69) is 15.1 Å². The number of ether oxygens (including phenoxy) is 1. The number of rotatable bonds is 5. The topological polar surface area (TPSA) is 72.6 Å². The standard InChI is InChI=1S/C18H19N5O2/c1-4-25-17(24)14-12-19-18-20-16(13-8-6-5-7-9-13)21-23(18)15(14)10-11-22(2)3/h5-12H,4H2,1-3H3. The van der Waals surface area contributed by atoms with Gasteiger partial charge in [0.15, 0.2) is 5.82 Å². The average Bonchev–Trinajstić information content (AvgIpc) is 3.05. The molecule has 0 N–H and O–H groups in total. The number of carbonyl (C=O) groups excluding carboxylic acids is 1. The average molecular weight is 337 g/mol. The highest BCUT2D eigenvalue weighted by molar-refractivity contribution is 5.93. The molecule has 2 aromatic heterocycles.